The van der Waals surface area contributed by atoms with Gasteiger partial charge in [0, 0.05) is 19.6 Å². The predicted octanol–water partition coefficient (Wildman–Crippen LogP) is 2.55. The maximum Gasteiger partial charge on any atom is 0.0190 e. The molecule has 0 unspecified atom stereocenters. The second-order valence-corrected chi connectivity index (χ2v) is 5.81. The van der Waals surface area contributed by atoms with Crippen LogP contribution in [-0.4, -0.2) is 31.1 Å². The van der Waals surface area contributed by atoms with Crippen LogP contribution in [0.25, 0.3) is 0 Å². The number of hydrogen-bond acceptors (Lipinski definition) is 2. The molecule has 2 rings (SSSR count). The van der Waals surface area contributed by atoms with E-state index in [2.05, 4.69) is 17.9 Å². The van der Waals surface area contributed by atoms with Gasteiger partial charge >= 0.3 is 0 Å². The molecule has 0 aromatic rings. The fourth-order valence-corrected chi connectivity index (χ4v) is 3.33. The van der Waals surface area contributed by atoms with Crippen molar-refractivity contribution in [2.45, 2.75) is 45.4 Å². The van der Waals surface area contributed by atoms with E-state index in [9.17, 15) is 0 Å². The molecule has 0 saturated heterocycles. The minimum atomic E-state index is 0.440. The van der Waals surface area contributed by atoms with Crippen LogP contribution in [0.1, 0.15) is 45.4 Å². The lowest BCUT2D eigenvalue weighted by molar-refractivity contribution is 0.115. The molecule has 2 N–H and O–H groups in total. The summed E-state index contributed by atoms with van der Waals surface area (Å²) in [5.41, 5.74) is 8.03. The number of hydrogen-bond donors (Lipinski definition) is 1. The van der Waals surface area contributed by atoms with Crippen molar-refractivity contribution in [3.05, 3.63) is 11.6 Å². The Hall–Kier alpha value is -0.340. The third-order valence-electron chi connectivity index (χ3n) is 4.32. The summed E-state index contributed by atoms with van der Waals surface area (Å²) in [4.78, 5) is 2.62. The van der Waals surface area contributed by atoms with Crippen molar-refractivity contribution in [1.29, 1.82) is 0 Å². The van der Waals surface area contributed by atoms with Crippen LogP contribution < -0.4 is 5.73 Å². The Labute approximate surface area is 99.9 Å². The maximum absolute atomic E-state index is 6.05. The molecular weight excluding hydrogens is 196 g/mol. The Bertz CT molecular complexity index is 251. The normalized spacial score (nSPS) is 26.5. The SMILES string of the molecule is CC1=CCCN(CC2(CN)CCCCC2)C1. The van der Waals surface area contributed by atoms with Gasteiger partial charge in [-0.05, 0) is 38.1 Å². The average molecular weight is 222 g/mol. The largest absolute Gasteiger partial charge is 0.330 e. The molecule has 0 bridgehead atoms. The quantitative estimate of drug-likeness (QED) is 0.744. The van der Waals surface area contributed by atoms with E-state index in [0.717, 1.165) is 6.54 Å². The molecule has 0 amide bonds. The van der Waals surface area contributed by atoms with Crippen molar-refractivity contribution in [3.63, 3.8) is 0 Å². The molecule has 2 nitrogen and oxygen atoms in total. The zero-order chi connectivity index (χ0) is 11.4. The van der Waals surface area contributed by atoms with Gasteiger partial charge in [0.15, 0.2) is 0 Å². The molecule has 1 heterocycles. The zero-order valence-electron chi connectivity index (χ0n) is 10.7. The monoisotopic (exact) mass is 222 g/mol. The molecule has 0 radical (unpaired) electrons. The number of rotatable bonds is 3. The van der Waals surface area contributed by atoms with E-state index in [0.29, 0.717) is 5.41 Å². The van der Waals surface area contributed by atoms with Crippen LogP contribution in [-0.2, 0) is 0 Å². The molecule has 1 aliphatic carbocycles. The van der Waals surface area contributed by atoms with Crippen molar-refractivity contribution in [3.8, 4) is 0 Å². The molecule has 16 heavy (non-hydrogen) atoms. The van der Waals surface area contributed by atoms with Crippen LogP contribution in [0.4, 0.5) is 0 Å². The molecule has 2 heteroatoms. The topological polar surface area (TPSA) is 29.3 Å². The van der Waals surface area contributed by atoms with Crippen LogP contribution in [0, 0.1) is 5.41 Å². The van der Waals surface area contributed by atoms with Crippen LogP contribution in [0.15, 0.2) is 11.6 Å². The van der Waals surface area contributed by atoms with Crippen molar-refractivity contribution in [2.75, 3.05) is 26.2 Å². The molecule has 1 fully saturated rings. The summed E-state index contributed by atoms with van der Waals surface area (Å²) in [6.07, 6.45) is 10.5. The van der Waals surface area contributed by atoms with Crippen molar-refractivity contribution >= 4 is 0 Å². The molecule has 92 valence electrons. The second-order valence-electron chi connectivity index (χ2n) is 5.81. The highest BCUT2D eigenvalue weighted by atomic mass is 15.1. The highest BCUT2D eigenvalue weighted by molar-refractivity contribution is 5.05. The van der Waals surface area contributed by atoms with Crippen molar-refractivity contribution < 1.29 is 0 Å². The van der Waals surface area contributed by atoms with Crippen LogP contribution >= 0.6 is 0 Å². The van der Waals surface area contributed by atoms with Crippen LogP contribution in [0.5, 0.6) is 0 Å². The molecule has 1 aliphatic heterocycles. The zero-order valence-corrected chi connectivity index (χ0v) is 10.7. The fourth-order valence-electron chi connectivity index (χ4n) is 3.33. The third kappa shape index (κ3) is 2.86. The number of nitrogens with two attached hydrogens (primary N) is 1. The summed E-state index contributed by atoms with van der Waals surface area (Å²) in [5, 5.41) is 0. The first-order chi connectivity index (χ1) is 7.74. The summed E-state index contributed by atoms with van der Waals surface area (Å²) < 4.78 is 0. The highest BCUT2D eigenvalue weighted by Crippen LogP contribution is 2.36. The fraction of sp³-hybridized carbons (Fsp3) is 0.857. The first-order valence-electron chi connectivity index (χ1n) is 6.82. The van der Waals surface area contributed by atoms with Gasteiger partial charge in [-0.1, -0.05) is 30.9 Å². The Kier molecular flexibility index (Phi) is 4.04. The molecule has 1 saturated carbocycles. The van der Waals surface area contributed by atoms with E-state index in [1.165, 1.54) is 63.7 Å². The second kappa shape index (κ2) is 5.33. The summed E-state index contributed by atoms with van der Waals surface area (Å²) >= 11 is 0. The maximum atomic E-state index is 6.05. The van der Waals surface area contributed by atoms with Gasteiger partial charge in [0.2, 0.25) is 0 Å². The van der Waals surface area contributed by atoms with E-state index in [4.69, 9.17) is 5.73 Å². The smallest absolute Gasteiger partial charge is 0.0190 e. The van der Waals surface area contributed by atoms with E-state index in [-0.39, 0.29) is 0 Å². The predicted molar refractivity (Wildman–Crippen MR) is 69.4 cm³/mol. The van der Waals surface area contributed by atoms with E-state index in [1.807, 2.05) is 0 Å². The molecule has 0 atom stereocenters. The minimum absolute atomic E-state index is 0.440. The molecular formula is C14H26N2. The van der Waals surface area contributed by atoms with Gasteiger partial charge in [-0.15, -0.1) is 0 Å². The molecule has 0 aromatic heterocycles. The lowest BCUT2D eigenvalue weighted by Crippen LogP contribution is -2.45. The van der Waals surface area contributed by atoms with E-state index in [1.54, 1.807) is 0 Å². The van der Waals surface area contributed by atoms with Gasteiger partial charge in [-0.3, -0.25) is 4.90 Å². The summed E-state index contributed by atoms with van der Waals surface area (Å²) in [6.45, 7) is 6.77. The lowest BCUT2D eigenvalue weighted by Gasteiger charge is -2.41. The van der Waals surface area contributed by atoms with Crippen LogP contribution in [0.2, 0.25) is 0 Å². The lowest BCUT2D eigenvalue weighted by atomic mass is 9.73. The van der Waals surface area contributed by atoms with Crippen molar-refractivity contribution in [2.24, 2.45) is 11.1 Å². The minimum Gasteiger partial charge on any atom is -0.330 e. The Morgan fingerprint density at radius 1 is 1.31 bits per heavy atom. The Morgan fingerprint density at radius 2 is 2.06 bits per heavy atom. The number of nitrogens with zero attached hydrogens (tertiary/aromatic N) is 1. The van der Waals surface area contributed by atoms with Crippen LogP contribution in [0.3, 0.4) is 0 Å². The van der Waals surface area contributed by atoms with Gasteiger partial charge in [-0.25, -0.2) is 0 Å². The molecule has 0 aromatic carbocycles. The van der Waals surface area contributed by atoms with E-state index >= 15 is 0 Å². The first-order valence-corrected chi connectivity index (χ1v) is 6.82. The van der Waals surface area contributed by atoms with Crippen molar-refractivity contribution in [1.82, 2.24) is 4.90 Å². The summed E-state index contributed by atoms with van der Waals surface area (Å²) in [6, 6.07) is 0. The third-order valence-corrected chi connectivity index (χ3v) is 4.32. The molecule has 0 spiro atoms. The molecule has 2 aliphatic rings. The standard InChI is InChI=1S/C14H26N2/c1-13-6-5-9-16(10-13)12-14(11-15)7-3-2-4-8-14/h6H,2-5,7-12,15H2,1H3. The van der Waals surface area contributed by atoms with Gasteiger partial charge in [0.25, 0.3) is 0 Å². The van der Waals surface area contributed by atoms with Gasteiger partial charge in [0.05, 0.1) is 0 Å². The van der Waals surface area contributed by atoms with E-state index < -0.39 is 0 Å². The Balaban J connectivity index is 1.93. The highest BCUT2D eigenvalue weighted by Gasteiger charge is 2.32. The Morgan fingerprint density at radius 3 is 2.69 bits per heavy atom. The van der Waals surface area contributed by atoms with Gasteiger partial charge in [0.1, 0.15) is 0 Å². The summed E-state index contributed by atoms with van der Waals surface area (Å²) in [7, 11) is 0. The summed E-state index contributed by atoms with van der Waals surface area (Å²) in [5.74, 6) is 0. The van der Waals surface area contributed by atoms with Gasteiger partial charge < -0.3 is 5.73 Å². The first kappa shape index (κ1) is 12.1. The van der Waals surface area contributed by atoms with Gasteiger partial charge in [-0.2, -0.15) is 0 Å². The average Bonchev–Trinajstić information content (AvgIpc) is 2.30.